The average Bonchev–Trinajstić information content (AvgIpc) is 3.55. The molecular weight excluding hydrogens is 522 g/mol. The van der Waals surface area contributed by atoms with E-state index >= 15 is 0 Å². The maximum absolute atomic E-state index is 13.7. The van der Waals surface area contributed by atoms with Gasteiger partial charge in [0, 0.05) is 18.7 Å². The number of amides is 2. The van der Waals surface area contributed by atoms with Crippen LogP contribution < -0.4 is 20.1 Å². The Hall–Kier alpha value is -3.28. The second-order valence-corrected chi connectivity index (χ2v) is 13.1. The number of carbonyl (C=O) groups excluding carboxylic acids is 2. The summed E-state index contributed by atoms with van der Waals surface area (Å²) in [6.45, 7) is 4.64. The van der Waals surface area contributed by atoms with E-state index in [0.717, 1.165) is 38.5 Å². The van der Waals surface area contributed by atoms with E-state index in [-0.39, 0.29) is 69.8 Å². The SMILES string of the molecule is CCC1(CNC(=O)[C@H]2[C@@H]3CC[C@@H](C3)[C@H]2NC(=O)c2cc(OC3CCC(C)(C(=O)O)CC3)c(C#N)cc2OC)CCC1. The van der Waals surface area contributed by atoms with Gasteiger partial charge in [-0.15, -0.1) is 0 Å². The average molecular weight is 566 g/mol. The summed E-state index contributed by atoms with van der Waals surface area (Å²) >= 11 is 0. The molecular formula is C32H43N3O6. The zero-order chi connectivity index (χ0) is 29.4. The highest BCUT2D eigenvalue weighted by Gasteiger charge is 2.52. The van der Waals surface area contributed by atoms with Crippen LogP contribution in [0, 0.1) is 39.9 Å². The largest absolute Gasteiger partial charge is 0.496 e. The number of rotatable bonds is 10. The minimum atomic E-state index is -0.808. The van der Waals surface area contributed by atoms with Gasteiger partial charge in [0.25, 0.3) is 5.91 Å². The molecule has 2 amide bonds. The van der Waals surface area contributed by atoms with Gasteiger partial charge in [-0.05, 0) is 94.4 Å². The molecule has 3 N–H and O–H groups in total. The first kappa shape index (κ1) is 29.2. The molecule has 4 aliphatic carbocycles. The molecule has 0 heterocycles. The van der Waals surface area contributed by atoms with E-state index < -0.39 is 11.4 Å². The molecule has 0 spiro atoms. The summed E-state index contributed by atoms with van der Waals surface area (Å²) < 4.78 is 11.7. The lowest BCUT2D eigenvalue weighted by atomic mass is 9.67. The van der Waals surface area contributed by atoms with Crippen LogP contribution in [0.15, 0.2) is 12.1 Å². The Bertz CT molecular complexity index is 1220. The van der Waals surface area contributed by atoms with E-state index in [9.17, 15) is 24.8 Å². The number of carboxylic acids is 1. The lowest BCUT2D eigenvalue weighted by Crippen LogP contribution is -2.52. The van der Waals surface area contributed by atoms with E-state index in [1.54, 1.807) is 13.0 Å². The zero-order valence-electron chi connectivity index (χ0n) is 24.5. The molecule has 4 fully saturated rings. The predicted molar refractivity (Wildman–Crippen MR) is 151 cm³/mol. The van der Waals surface area contributed by atoms with Gasteiger partial charge in [-0.1, -0.05) is 13.3 Å². The fourth-order valence-corrected chi connectivity index (χ4v) is 7.66. The third-order valence-electron chi connectivity index (χ3n) is 10.8. The maximum atomic E-state index is 13.7. The van der Waals surface area contributed by atoms with Crippen LogP contribution in [0.25, 0.3) is 0 Å². The zero-order valence-corrected chi connectivity index (χ0v) is 24.5. The van der Waals surface area contributed by atoms with Gasteiger partial charge in [0.1, 0.15) is 17.6 Å². The highest BCUT2D eigenvalue weighted by Crippen LogP contribution is 2.49. The summed E-state index contributed by atoms with van der Waals surface area (Å²) in [5.41, 5.74) is -0.0402. The molecule has 4 atom stereocenters. The highest BCUT2D eigenvalue weighted by atomic mass is 16.5. The summed E-state index contributed by atoms with van der Waals surface area (Å²) in [6, 6.07) is 4.95. The van der Waals surface area contributed by atoms with Crippen LogP contribution in [0.4, 0.5) is 0 Å². The van der Waals surface area contributed by atoms with Crippen LogP contribution in [0.1, 0.15) is 100 Å². The number of aliphatic carboxylic acids is 1. The van der Waals surface area contributed by atoms with E-state index in [4.69, 9.17) is 9.47 Å². The van der Waals surface area contributed by atoms with Crippen LogP contribution in [-0.4, -0.2) is 48.7 Å². The fourth-order valence-electron chi connectivity index (χ4n) is 7.66. The molecule has 4 saturated carbocycles. The number of carbonyl (C=O) groups is 3. The summed E-state index contributed by atoms with van der Waals surface area (Å²) in [7, 11) is 1.46. The van der Waals surface area contributed by atoms with Gasteiger partial charge in [0.15, 0.2) is 0 Å². The van der Waals surface area contributed by atoms with Gasteiger partial charge in [0.05, 0.1) is 35.7 Å². The normalized spacial score (nSPS) is 31.4. The maximum Gasteiger partial charge on any atom is 0.309 e. The highest BCUT2D eigenvalue weighted by molar-refractivity contribution is 5.98. The van der Waals surface area contributed by atoms with Gasteiger partial charge in [-0.3, -0.25) is 14.4 Å². The Labute approximate surface area is 242 Å². The Morgan fingerprint density at radius 1 is 1.07 bits per heavy atom. The quantitative estimate of drug-likeness (QED) is 0.370. The molecule has 1 aromatic rings. The lowest BCUT2D eigenvalue weighted by molar-refractivity contribution is -0.150. The molecule has 4 aliphatic rings. The molecule has 5 rings (SSSR count). The van der Waals surface area contributed by atoms with Crippen molar-refractivity contribution in [2.24, 2.45) is 28.6 Å². The van der Waals surface area contributed by atoms with Crippen molar-refractivity contribution in [3.8, 4) is 17.6 Å². The van der Waals surface area contributed by atoms with E-state index in [0.29, 0.717) is 32.2 Å². The number of hydrogen-bond acceptors (Lipinski definition) is 6. The molecule has 0 aromatic heterocycles. The second kappa shape index (κ2) is 11.5. The predicted octanol–water partition coefficient (Wildman–Crippen LogP) is 4.82. The van der Waals surface area contributed by atoms with Crippen molar-refractivity contribution in [2.75, 3.05) is 13.7 Å². The third-order valence-corrected chi connectivity index (χ3v) is 10.8. The minimum absolute atomic E-state index is 0.0451. The number of benzene rings is 1. The Morgan fingerprint density at radius 3 is 2.37 bits per heavy atom. The van der Waals surface area contributed by atoms with Crippen molar-refractivity contribution in [3.05, 3.63) is 23.3 Å². The van der Waals surface area contributed by atoms with Crippen molar-refractivity contribution < 1.29 is 29.0 Å². The Morgan fingerprint density at radius 2 is 1.78 bits per heavy atom. The summed E-state index contributed by atoms with van der Waals surface area (Å²) in [6.07, 6.45) is 9.33. The monoisotopic (exact) mass is 565 g/mol. The number of methoxy groups -OCH3 is 1. The molecule has 0 aliphatic heterocycles. The number of ether oxygens (including phenoxy) is 2. The first-order chi connectivity index (χ1) is 19.6. The van der Waals surface area contributed by atoms with Gasteiger partial charge < -0.3 is 25.2 Å². The van der Waals surface area contributed by atoms with Crippen molar-refractivity contribution >= 4 is 17.8 Å². The van der Waals surface area contributed by atoms with Crippen LogP contribution in [0.2, 0.25) is 0 Å². The van der Waals surface area contributed by atoms with E-state index in [1.165, 1.54) is 19.6 Å². The fraction of sp³-hybridized carbons (Fsp3) is 0.688. The van der Waals surface area contributed by atoms with Crippen molar-refractivity contribution in [1.82, 2.24) is 10.6 Å². The molecule has 41 heavy (non-hydrogen) atoms. The summed E-state index contributed by atoms with van der Waals surface area (Å²) in [5, 5.41) is 25.8. The number of carboxylic acid groups (broad SMARTS) is 1. The van der Waals surface area contributed by atoms with Crippen molar-refractivity contribution in [3.63, 3.8) is 0 Å². The molecule has 9 heteroatoms. The van der Waals surface area contributed by atoms with Gasteiger partial charge in [0.2, 0.25) is 5.91 Å². The van der Waals surface area contributed by atoms with Crippen LogP contribution in [-0.2, 0) is 9.59 Å². The first-order valence-electron chi connectivity index (χ1n) is 15.2. The van der Waals surface area contributed by atoms with Crippen LogP contribution in [0.5, 0.6) is 11.5 Å². The standard InChI is InChI=1S/C32H43N3O6/c1-4-32(10-5-11-32)18-34-29(37)26-19-6-7-20(14-19)27(26)35-28(36)23-16-24(21(17-33)15-25(23)40-3)41-22-8-12-31(2,13-9-22)30(38)39/h15-16,19-20,22,26-27H,4-14,18H2,1-3H3,(H,34,37)(H,35,36)(H,38,39)/t19-,20+,22?,26+,27-,31?/m1/s1. The van der Waals surface area contributed by atoms with Crippen molar-refractivity contribution in [2.45, 2.75) is 96.6 Å². The van der Waals surface area contributed by atoms with Crippen LogP contribution >= 0.6 is 0 Å². The first-order valence-corrected chi connectivity index (χ1v) is 15.2. The number of nitriles is 1. The van der Waals surface area contributed by atoms with Gasteiger partial charge in [-0.2, -0.15) is 5.26 Å². The molecule has 0 radical (unpaired) electrons. The topological polar surface area (TPSA) is 138 Å². The Kier molecular flexibility index (Phi) is 8.22. The molecule has 222 valence electrons. The summed E-state index contributed by atoms with van der Waals surface area (Å²) in [4.78, 5) is 38.8. The number of fused-ring (bicyclic) bond motifs is 2. The number of hydrogen-bond donors (Lipinski definition) is 3. The minimum Gasteiger partial charge on any atom is -0.496 e. The smallest absolute Gasteiger partial charge is 0.309 e. The molecule has 1 aromatic carbocycles. The summed E-state index contributed by atoms with van der Waals surface area (Å²) in [5.74, 6) is -0.276. The second-order valence-electron chi connectivity index (χ2n) is 13.1. The lowest BCUT2D eigenvalue weighted by Gasteiger charge is -2.42. The Balaban J connectivity index is 1.31. The van der Waals surface area contributed by atoms with E-state index in [2.05, 4.69) is 23.6 Å². The van der Waals surface area contributed by atoms with Crippen LogP contribution in [0.3, 0.4) is 0 Å². The molecule has 0 unspecified atom stereocenters. The molecule has 0 saturated heterocycles. The van der Waals surface area contributed by atoms with Gasteiger partial charge in [-0.25, -0.2) is 0 Å². The van der Waals surface area contributed by atoms with Gasteiger partial charge >= 0.3 is 5.97 Å². The molecule has 2 bridgehead atoms. The third kappa shape index (κ3) is 5.62. The van der Waals surface area contributed by atoms with Crippen molar-refractivity contribution in [1.29, 1.82) is 5.26 Å². The number of nitrogens with one attached hydrogen (secondary N) is 2. The number of nitrogens with zero attached hydrogens (tertiary/aromatic N) is 1. The van der Waals surface area contributed by atoms with E-state index in [1.807, 2.05) is 0 Å². The molecule has 9 nitrogen and oxygen atoms in total.